The number of rotatable bonds is 3. The molecular formula is C17H16F3N3O2. The fourth-order valence-electron chi connectivity index (χ4n) is 2.50. The van der Waals surface area contributed by atoms with Crippen molar-refractivity contribution in [2.24, 2.45) is 0 Å². The molecule has 1 amide bonds. The molecule has 0 saturated carbocycles. The molecule has 1 saturated heterocycles. The van der Waals surface area contributed by atoms with Crippen LogP contribution in [0.4, 0.5) is 24.5 Å². The first-order valence-corrected chi connectivity index (χ1v) is 7.71. The van der Waals surface area contributed by atoms with E-state index in [4.69, 9.17) is 4.74 Å². The van der Waals surface area contributed by atoms with Crippen molar-refractivity contribution < 1.29 is 22.7 Å². The zero-order valence-electron chi connectivity index (χ0n) is 13.2. The first-order chi connectivity index (χ1) is 11.9. The minimum absolute atomic E-state index is 0.198. The summed E-state index contributed by atoms with van der Waals surface area (Å²) in [6, 6.07) is 7.74. The lowest BCUT2D eigenvalue weighted by atomic mass is 10.2. The van der Waals surface area contributed by atoms with Crippen LogP contribution in [0.15, 0.2) is 42.6 Å². The van der Waals surface area contributed by atoms with Crippen LogP contribution in [0.2, 0.25) is 0 Å². The van der Waals surface area contributed by atoms with Gasteiger partial charge in [-0.25, -0.2) is 0 Å². The second-order valence-corrected chi connectivity index (χ2v) is 5.53. The van der Waals surface area contributed by atoms with Crippen LogP contribution in [0.5, 0.6) is 0 Å². The van der Waals surface area contributed by atoms with Crippen LogP contribution in [-0.4, -0.2) is 37.2 Å². The molecule has 25 heavy (non-hydrogen) atoms. The molecule has 1 aliphatic rings. The fraction of sp³-hybridized carbons (Fsp3) is 0.294. The number of carbonyl (C=O) groups excluding carboxylic acids is 1. The van der Waals surface area contributed by atoms with Gasteiger partial charge in [0.2, 0.25) is 0 Å². The van der Waals surface area contributed by atoms with Crippen molar-refractivity contribution in [2.45, 2.75) is 6.18 Å². The Bertz CT molecular complexity index is 742. The minimum Gasteiger partial charge on any atom is -0.378 e. The van der Waals surface area contributed by atoms with Gasteiger partial charge in [-0.3, -0.25) is 9.78 Å². The van der Waals surface area contributed by atoms with Gasteiger partial charge in [-0.1, -0.05) is 0 Å². The highest BCUT2D eigenvalue weighted by Gasteiger charge is 2.30. The summed E-state index contributed by atoms with van der Waals surface area (Å²) < 4.78 is 43.0. The Labute approximate surface area is 142 Å². The lowest BCUT2D eigenvalue weighted by Gasteiger charge is -2.28. The van der Waals surface area contributed by atoms with Crippen molar-refractivity contribution in [3.05, 3.63) is 53.9 Å². The van der Waals surface area contributed by atoms with E-state index in [0.717, 1.165) is 30.9 Å². The van der Waals surface area contributed by atoms with E-state index in [-0.39, 0.29) is 11.4 Å². The smallest absolute Gasteiger partial charge is 0.378 e. The topological polar surface area (TPSA) is 54.5 Å². The van der Waals surface area contributed by atoms with Crippen molar-refractivity contribution in [3.8, 4) is 0 Å². The standard InChI is InChI=1S/C17H16F3N3O2/c18-17(19,20)12-1-3-13(4-2-12)22-16(24)15-11-14(5-6-21-15)23-7-9-25-10-8-23/h1-6,11H,7-10H2,(H,22,24). The molecule has 0 aliphatic carbocycles. The van der Waals surface area contributed by atoms with E-state index in [1.807, 2.05) is 0 Å². The summed E-state index contributed by atoms with van der Waals surface area (Å²) in [5, 5.41) is 2.56. The molecule has 1 aliphatic heterocycles. The van der Waals surface area contributed by atoms with Crippen LogP contribution in [0.25, 0.3) is 0 Å². The SMILES string of the molecule is O=C(Nc1ccc(C(F)(F)F)cc1)c1cc(N2CCOCC2)ccn1. The first kappa shape index (κ1) is 17.2. The molecule has 1 N–H and O–H groups in total. The van der Waals surface area contributed by atoms with Crippen LogP contribution in [0.1, 0.15) is 16.1 Å². The normalized spacial score (nSPS) is 15.1. The van der Waals surface area contributed by atoms with Crippen molar-refractivity contribution in [1.82, 2.24) is 4.98 Å². The molecule has 2 aromatic rings. The Balaban J connectivity index is 1.70. The maximum absolute atomic E-state index is 12.6. The molecule has 0 radical (unpaired) electrons. The minimum atomic E-state index is -4.41. The highest BCUT2D eigenvalue weighted by atomic mass is 19.4. The number of pyridine rings is 1. The highest BCUT2D eigenvalue weighted by molar-refractivity contribution is 6.03. The second kappa shape index (κ2) is 7.10. The number of anilines is 2. The number of benzene rings is 1. The van der Waals surface area contributed by atoms with Gasteiger partial charge >= 0.3 is 6.18 Å². The monoisotopic (exact) mass is 351 g/mol. The number of ether oxygens (including phenoxy) is 1. The average Bonchev–Trinajstić information content (AvgIpc) is 2.62. The average molecular weight is 351 g/mol. The maximum Gasteiger partial charge on any atom is 0.416 e. The van der Waals surface area contributed by atoms with E-state index in [9.17, 15) is 18.0 Å². The molecule has 8 heteroatoms. The molecule has 0 unspecified atom stereocenters. The van der Waals surface area contributed by atoms with Gasteiger partial charge in [0.05, 0.1) is 18.8 Å². The summed E-state index contributed by atoms with van der Waals surface area (Å²) in [6.07, 6.45) is -2.87. The molecule has 0 bridgehead atoms. The second-order valence-electron chi connectivity index (χ2n) is 5.53. The summed E-state index contributed by atoms with van der Waals surface area (Å²) in [7, 11) is 0. The molecule has 0 atom stereocenters. The maximum atomic E-state index is 12.6. The van der Waals surface area contributed by atoms with Gasteiger partial charge in [-0.2, -0.15) is 13.2 Å². The van der Waals surface area contributed by atoms with Crippen LogP contribution in [0.3, 0.4) is 0 Å². The third-order valence-electron chi connectivity index (χ3n) is 3.82. The fourth-order valence-corrected chi connectivity index (χ4v) is 2.50. The lowest BCUT2D eigenvalue weighted by Crippen LogP contribution is -2.36. The van der Waals surface area contributed by atoms with E-state index >= 15 is 0 Å². The number of alkyl halides is 3. The Kier molecular flexibility index (Phi) is 4.89. The number of carbonyl (C=O) groups is 1. The predicted molar refractivity (Wildman–Crippen MR) is 86.7 cm³/mol. The van der Waals surface area contributed by atoms with E-state index in [2.05, 4.69) is 15.2 Å². The zero-order valence-corrected chi connectivity index (χ0v) is 13.2. The Morgan fingerprint density at radius 3 is 2.44 bits per heavy atom. The summed E-state index contributed by atoms with van der Waals surface area (Å²) in [5.74, 6) is -0.477. The quantitative estimate of drug-likeness (QED) is 0.923. The van der Waals surface area contributed by atoms with Crippen molar-refractivity contribution in [1.29, 1.82) is 0 Å². The zero-order chi connectivity index (χ0) is 17.9. The number of nitrogens with one attached hydrogen (secondary N) is 1. The van der Waals surface area contributed by atoms with E-state index in [1.54, 1.807) is 12.1 Å². The summed E-state index contributed by atoms with van der Waals surface area (Å²) in [5.41, 5.74) is 0.564. The molecule has 1 aromatic carbocycles. The Hall–Kier alpha value is -2.61. The van der Waals surface area contributed by atoms with Crippen molar-refractivity contribution in [3.63, 3.8) is 0 Å². The van der Waals surface area contributed by atoms with E-state index in [0.29, 0.717) is 13.2 Å². The van der Waals surface area contributed by atoms with Crippen LogP contribution < -0.4 is 10.2 Å². The number of hydrogen-bond donors (Lipinski definition) is 1. The summed E-state index contributed by atoms with van der Waals surface area (Å²) in [4.78, 5) is 18.4. The summed E-state index contributed by atoms with van der Waals surface area (Å²) >= 11 is 0. The third kappa shape index (κ3) is 4.27. The molecule has 3 rings (SSSR count). The Morgan fingerprint density at radius 1 is 1.12 bits per heavy atom. The van der Waals surface area contributed by atoms with Gasteiger partial charge in [0.15, 0.2) is 0 Å². The Morgan fingerprint density at radius 2 is 1.80 bits per heavy atom. The number of nitrogens with zero attached hydrogens (tertiary/aromatic N) is 2. The van der Waals surface area contributed by atoms with Crippen LogP contribution >= 0.6 is 0 Å². The van der Waals surface area contributed by atoms with E-state index < -0.39 is 17.6 Å². The van der Waals surface area contributed by atoms with Crippen molar-refractivity contribution in [2.75, 3.05) is 36.5 Å². The third-order valence-corrected chi connectivity index (χ3v) is 3.82. The van der Waals surface area contributed by atoms with E-state index in [1.165, 1.54) is 18.3 Å². The number of amides is 1. The molecule has 1 fully saturated rings. The highest BCUT2D eigenvalue weighted by Crippen LogP contribution is 2.29. The number of halogens is 3. The van der Waals surface area contributed by atoms with Gasteiger partial charge in [-0.05, 0) is 36.4 Å². The number of morpholine rings is 1. The number of hydrogen-bond acceptors (Lipinski definition) is 4. The lowest BCUT2D eigenvalue weighted by molar-refractivity contribution is -0.137. The van der Waals surface area contributed by atoms with Gasteiger partial charge in [0, 0.05) is 30.7 Å². The van der Waals surface area contributed by atoms with Crippen molar-refractivity contribution >= 4 is 17.3 Å². The van der Waals surface area contributed by atoms with Crippen LogP contribution in [0, 0.1) is 0 Å². The molecule has 1 aromatic heterocycles. The van der Waals surface area contributed by atoms with Gasteiger partial charge in [0.1, 0.15) is 5.69 Å². The van der Waals surface area contributed by atoms with Gasteiger partial charge in [-0.15, -0.1) is 0 Å². The predicted octanol–water partition coefficient (Wildman–Crippen LogP) is 3.19. The molecule has 5 nitrogen and oxygen atoms in total. The van der Waals surface area contributed by atoms with Gasteiger partial charge in [0.25, 0.3) is 5.91 Å². The molecular weight excluding hydrogens is 335 g/mol. The molecule has 0 spiro atoms. The molecule has 2 heterocycles. The van der Waals surface area contributed by atoms with Crippen LogP contribution in [-0.2, 0) is 10.9 Å². The largest absolute Gasteiger partial charge is 0.416 e. The summed E-state index contributed by atoms with van der Waals surface area (Å²) in [6.45, 7) is 2.69. The molecule has 132 valence electrons. The first-order valence-electron chi connectivity index (χ1n) is 7.71. The van der Waals surface area contributed by atoms with Gasteiger partial charge < -0.3 is 15.0 Å². The number of aromatic nitrogens is 1.